The number of fused-ring (bicyclic) bond motifs is 1. The quantitative estimate of drug-likeness (QED) is 0.532. The molecule has 1 aromatic heterocycles. The molecule has 0 aliphatic carbocycles. The minimum atomic E-state index is -1.58. The standard InChI is InChI=1S/C22H19ClF2N2O5/c1-10-12(9-17(29)26-22(2,3)21(31)32)18-15(6-7-16(28)19(18)25)27(10)20(30)11-4-5-13(23)14(24)8-11/h4-8,28H,9H2,1-3H3,(H,26,29)(H,31,32). The van der Waals surface area contributed by atoms with E-state index in [1.54, 1.807) is 0 Å². The fourth-order valence-corrected chi connectivity index (χ4v) is 3.49. The summed E-state index contributed by atoms with van der Waals surface area (Å²) in [7, 11) is 0. The van der Waals surface area contributed by atoms with E-state index < -0.39 is 47.1 Å². The Bertz CT molecular complexity index is 1280. The van der Waals surface area contributed by atoms with Gasteiger partial charge in [0.15, 0.2) is 11.6 Å². The van der Waals surface area contributed by atoms with E-state index in [2.05, 4.69) is 5.32 Å². The van der Waals surface area contributed by atoms with Crippen molar-refractivity contribution < 1.29 is 33.4 Å². The summed E-state index contributed by atoms with van der Waals surface area (Å²) >= 11 is 5.68. The van der Waals surface area contributed by atoms with E-state index >= 15 is 0 Å². The second-order valence-electron chi connectivity index (χ2n) is 7.78. The van der Waals surface area contributed by atoms with Crippen molar-refractivity contribution in [2.45, 2.75) is 32.7 Å². The summed E-state index contributed by atoms with van der Waals surface area (Å²) in [6, 6.07) is 5.81. The van der Waals surface area contributed by atoms with Gasteiger partial charge in [0, 0.05) is 16.6 Å². The second-order valence-corrected chi connectivity index (χ2v) is 8.19. The van der Waals surface area contributed by atoms with Crippen LogP contribution in [0.5, 0.6) is 5.75 Å². The Morgan fingerprint density at radius 1 is 1.16 bits per heavy atom. The van der Waals surface area contributed by atoms with Gasteiger partial charge in [-0.1, -0.05) is 11.6 Å². The van der Waals surface area contributed by atoms with Gasteiger partial charge in [-0.2, -0.15) is 0 Å². The number of aromatic nitrogens is 1. The van der Waals surface area contributed by atoms with Crippen LogP contribution in [0.1, 0.15) is 35.5 Å². The van der Waals surface area contributed by atoms with Gasteiger partial charge in [0.2, 0.25) is 5.91 Å². The first-order valence-corrected chi connectivity index (χ1v) is 9.78. The van der Waals surface area contributed by atoms with Crippen molar-refractivity contribution in [2.24, 2.45) is 0 Å². The molecule has 0 bridgehead atoms. The number of hydrogen-bond donors (Lipinski definition) is 3. The number of rotatable bonds is 5. The molecule has 7 nitrogen and oxygen atoms in total. The van der Waals surface area contributed by atoms with E-state index in [0.717, 1.165) is 16.7 Å². The van der Waals surface area contributed by atoms with E-state index in [9.17, 15) is 33.4 Å². The van der Waals surface area contributed by atoms with Crippen molar-refractivity contribution in [3.63, 3.8) is 0 Å². The monoisotopic (exact) mass is 464 g/mol. The summed E-state index contributed by atoms with van der Waals surface area (Å²) < 4.78 is 29.9. The van der Waals surface area contributed by atoms with E-state index in [-0.39, 0.29) is 32.7 Å². The average molecular weight is 465 g/mol. The van der Waals surface area contributed by atoms with Crippen LogP contribution < -0.4 is 5.32 Å². The highest BCUT2D eigenvalue weighted by atomic mass is 35.5. The predicted octanol–water partition coefficient (Wildman–Crippen LogP) is 3.80. The zero-order chi connectivity index (χ0) is 24.0. The van der Waals surface area contributed by atoms with Crippen LogP contribution in [-0.2, 0) is 16.0 Å². The summed E-state index contributed by atoms with van der Waals surface area (Å²) in [6.07, 6.45) is -0.464. The van der Waals surface area contributed by atoms with Gasteiger partial charge < -0.3 is 15.5 Å². The number of carbonyl (C=O) groups is 3. The van der Waals surface area contributed by atoms with Crippen LogP contribution >= 0.6 is 11.6 Å². The number of carbonyl (C=O) groups excluding carboxylic acids is 2. The van der Waals surface area contributed by atoms with Gasteiger partial charge in [-0.05, 0) is 56.7 Å². The molecule has 0 aliphatic rings. The van der Waals surface area contributed by atoms with E-state index in [4.69, 9.17) is 11.6 Å². The van der Waals surface area contributed by atoms with Crippen LogP contribution in [0.4, 0.5) is 8.78 Å². The van der Waals surface area contributed by atoms with E-state index in [1.807, 2.05) is 0 Å². The molecular weight excluding hydrogens is 446 g/mol. The molecule has 1 heterocycles. The summed E-state index contributed by atoms with van der Waals surface area (Å²) in [5.41, 5.74) is -1.34. The largest absolute Gasteiger partial charge is 0.505 e. The molecule has 0 atom stereocenters. The molecule has 0 unspecified atom stereocenters. The number of aromatic hydroxyl groups is 1. The molecule has 3 N–H and O–H groups in total. The van der Waals surface area contributed by atoms with Gasteiger partial charge in [0.1, 0.15) is 11.4 Å². The molecular formula is C22H19ClF2N2O5. The van der Waals surface area contributed by atoms with E-state index in [0.29, 0.717) is 0 Å². The highest BCUT2D eigenvalue weighted by molar-refractivity contribution is 6.30. The summed E-state index contributed by atoms with van der Waals surface area (Å²) in [4.78, 5) is 37.0. The number of benzene rings is 2. The number of phenols is 1. The molecule has 2 aromatic carbocycles. The molecule has 10 heteroatoms. The van der Waals surface area contributed by atoms with Crippen LogP contribution in [0.2, 0.25) is 5.02 Å². The Morgan fingerprint density at radius 2 is 1.81 bits per heavy atom. The fraction of sp³-hybridized carbons (Fsp3) is 0.227. The smallest absolute Gasteiger partial charge is 0.328 e. The zero-order valence-corrected chi connectivity index (χ0v) is 18.1. The summed E-state index contributed by atoms with van der Waals surface area (Å²) in [5, 5.41) is 21.0. The number of nitrogens with zero attached hydrogens (tertiary/aromatic N) is 1. The van der Waals surface area contributed by atoms with Crippen LogP contribution in [0.3, 0.4) is 0 Å². The lowest BCUT2D eigenvalue weighted by atomic mass is 10.0. The molecule has 0 radical (unpaired) electrons. The first-order valence-electron chi connectivity index (χ1n) is 9.40. The van der Waals surface area contributed by atoms with E-state index in [1.165, 1.54) is 39.0 Å². The van der Waals surface area contributed by atoms with Crippen molar-refractivity contribution in [1.29, 1.82) is 0 Å². The van der Waals surface area contributed by atoms with Crippen molar-refractivity contribution >= 4 is 40.3 Å². The third-order valence-electron chi connectivity index (χ3n) is 5.11. The van der Waals surface area contributed by atoms with Crippen molar-refractivity contribution in [1.82, 2.24) is 9.88 Å². The molecule has 0 saturated heterocycles. The third kappa shape index (κ3) is 4.03. The van der Waals surface area contributed by atoms with Gasteiger partial charge >= 0.3 is 5.97 Å². The second kappa shape index (κ2) is 8.23. The fourth-order valence-electron chi connectivity index (χ4n) is 3.37. The lowest BCUT2D eigenvalue weighted by Gasteiger charge is -2.21. The molecule has 0 saturated carbocycles. The number of phenolic OH excluding ortho intramolecular Hbond substituents is 1. The molecule has 0 fully saturated rings. The maximum Gasteiger partial charge on any atom is 0.328 e. The van der Waals surface area contributed by atoms with Gasteiger partial charge in [0.25, 0.3) is 5.91 Å². The lowest BCUT2D eigenvalue weighted by molar-refractivity contribution is -0.145. The molecule has 1 amide bonds. The molecule has 0 spiro atoms. The number of nitrogens with one attached hydrogen (secondary N) is 1. The summed E-state index contributed by atoms with van der Waals surface area (Å²) in [6.45, 7) is 4.04. The average Bonchev–Trinajstić information content (AvgIpc) is 2.97. The maximum atomic E-state index is 14.9. The van der Waals surface area contributed by atoms with Gasteiger partial charge in [-0.25, -0.2) is 13.6 Å². The number of amides is 1. The maximum absolute atomic E-state index is 14.9. The first kappa shape index (κ1) is 23.2. The van der Waals surface area contributed by atoms with Crippen LogP contribution in [0.15, 0.2) is 30.3 Å². The number of hydrogen-bond acceptors (Lipinski definition) is 4. The molecule has 168 valence electrons. The summed E-state index contributed by atoms with van der Waals surface area (Å²) in [5.74, 6) is -5.25. The SMILES string of the molecule is Cc1c(CC(=O)NC(C)(C)C(=O)O)c2c(F)c(O)ccc2n1C(=O)c1ccc(Cl)c(F)c1. The Labute approximate surface area is 186 Å². The zero-order valence-electron chi connectivity index (χ0n) is 17.3. The Kier molecular flexibility index (Phi) is 5.97. The molecule has 3 rings (SSSR count). The highest BCUT2D eigenvalue weighted by Gasteiger charge is 2.31. The van der Waals surface area contributed by atoms with Gasteiger partial charge in [-0.15, -0.1) is 0 Å². The predicted molar refractivity (Wildman–Crippen MR) is 113 cm³/mol. The van der Waals surface area contributed by atoms with Gasteiger partial charge in [0.05, 0.1) is 17.0 Å². The normalized spacial score (nSPS) is 11.6. The van der Waals surface area contributed by atoms with Crippen LogP contribution in [-0.4, -0.2) is 38.1 Å². The number of halogens is 3. The topological polar surface area (TPSA) is 109 Å². The third-order valence-corrected chi connectivity index (χ3v) is 5.41. The number of carboxylic acids is 1. The number of aliphatic carboxylic acids is 1. The molecule has 3 aromatic rings. The Hall–Kier alpha value is -3.46. The lowest BCUT2D eigenvalue weighted by Crippen LogP contribution is -2.50. The van der Waals surface area contributed by atoms with Crippen molar-refractivity contribution in [2.75, 3.05) is 0 Å². The van der Waals surface area contributed by atoms with Gasteiger partial charge in [-0.3, -0.25) is 14.2 Å². The minimum absolute atomic E-state index is 0.0541. The Balaban J connectivity index is 2.16. The molecule has 32 heavy (non-hydrogen) atoms. The highest BCUT2D eigenvalue weighted by Crippen LogP contribution is 2.34. The molecule has 0 aliphatic heterocycles. The number of carboxylic acid groups (broad SMARTS) is 1. The minimum Gasteiger partial charge on any atom is -0.505 e. The van der Waals surface area contributed by atoms with Crippen molar-refractivity contribution in [3.8, 4) is 5.75 Å². The van der Waals surface area contributed by atoms with Crippen LogP contribution in [0.25, 0.3) is 10.9 Å². The first-order chi connectivity index (χ1) is 14.8. The van der Waals surface area contributed by atoms with Crippen molar-refractivity contribution in [3.05, 3.63) is 63.8 Å². The van der Waals surface area contributed by atoms with Crippen LogP contribution in [0, 0.1) is 18.6 Å². The Morgan fingerprint density at radius 3 is 2.41 bits per heavy atom.